The first kappa shape index (κ1) is 20.9. The maximum Gasteiger partial charge on any atom is 0.449 e. The molecule has 0 unspecified atom stereocenters. The Hall–Kier alpha value is -3.31. The number of carbonyl (C=O) groups excluding carboxylic acids is 1. The van der Waals surface area contributed by atoms with Crippen LogP contribution in [0.3, 0.4) is 0 Å². The summed E-state index contributed by atoms with van der Waals surface area (Å²) in [6.07, 6.45) is -1.18. The van der Waals surface area contributed by atoms with E-state index in [0.717, 1.165) is 25.6 Å². The van der Waals surface area contributed by atoms with Crippen LogP contribution in [0, 0.1) is 5.82 Å². The molecule has 4 rings (SSSR count). The minimum atomic E-state index is -4.87. The standard InChI is InChI=1S/C19H19F4N7O/c1-25-16(28-18(24)19(21,22)23)17(31)27-12-4-5-30-15(12)7-14(29-30)10-6-13(9-2-3-9)26-8-11(10)20/h6-9,12H,2-5H2,1H3,(H,27,31)(H2,24,25,28)/t12-/m0/s1. The number of amidine groups is 2. The lowest BCUT2D eigenvalue weighted by atomic mass is 10.1. The quantitative estimate of drug-likeness (QED) is 0.437. The van der Waals surface area contributed by atoms with Gasteiger partial charge in [-0.1, -0.05) is 0 Å². The van der Waals surface area contributed by atoms with E-state index in [4.69, 9.17) is 5.73 Å². The van der Waals surface area contributed by atoms with E-state index >= 15 is 0 Å². The fourth-order valence-electron chi connectivity index (χ4n) is 3.42. The Bertz CT molecular complexity index is 1090. The zero-order valence-corrected chi connectivity index (χ0v) is 16.4. The van der Waals surface area contributed by atoms with Crippen LogP contribution >= 0.6 is 0 Å². The molecule has 1 fully saturated rings. The molecule has 0 bridgehead atoms. The number of rotatable bonds is 3. The summed E-state index contributed by atoms with van der Waals surface area (Å²) in [4.78, 5) is 23.1. The molecule has 2 aliphatic rings. The number of carbonyl (C=O) groups is 1. The average molecular weight is 437 g/mol. The predicted molar refractivity (Wildman–Crippen MR) is 104 cm³/mol. The highest BCUT2D eigenvalue weighted by atomic mass is 19.4. The Kier molecular flexibility index (Phi) is 5.23. The third-order valence-corrected chi connectivity index (χ3v) is 5.18. The van der Waals surface area contributed by atoms with Crippen LogP contribution in [0.4, 0.5) is 17.6 Å². The highest BCUT2D eigenvalue weighted by Gasteiger charge is 2.35. The van der Waals surface area contributed by atoms with Crippen molar-refractivity contribution in [2.45, 2.75) is 43.9 Å². The largest absolute Gasteiger partial charge is 0.449 e. The molecule has 2 aromatic rings. The number of aliphatic imine (C=N–C) groups is 2. The Labute approximate surface area is 174 Å². The number of nitrogens with two attached hydrogens (primary N) is 1. The lowest BCUT2D eigenvalue weighted by Crippen LogP contribution is -2.37. The number of halogens is 4. The van der Waals surface area contributed by atoms with Crippen LogP contribution in [0.25, 0.3) is 11.3 Å². The number of alkyl halides is 3. The average Bonchev–Trinajstić information content (AvgIpc) is 3.37. The van der Waals surface area contributed by atoms with Gasteiger partial charge in [0.15, 0.2) is 5.82 Å². The van der Waals surface area contributed by atoms with Crippen LogP contribution in [-0.2, 0) is 11.3 Å². The lowest BCUT2D eigenvalue weighted by molar-refractivity contribution is -0.115. The van der Waals surface area contributed by atoms with Gasteiger partial charge in [0.05, 0.1) is 23.6 Å². The van der Waals surface area contributed by atoms with Crippen LogP contribution in [0.5, 0.6) is 0 Å². The number of fused-ring (bicyclic) bond motifs is 1. The zero-order valence-electron chi connectivity index (χ0n) is 16.4. The summed E-state index contributed by atoms with van der Waals surface area (Å²) in [6, 6.07) is 2.80. The SMILES string of the molecule is CN=C(N=C(N)C(F)(F)F)C(=O)N[C@H]1CCn2nc(-c3cc(C4CC4)ncc3F)cc21. The molecule has 3 heterocycles. The van der Waals surface area contributed by atoms with Crippen LogP contribution in [0.2, 0.25) is 0 Å². The summed E-state index contributed by atoms with van der Waals surface area (Å²) >= 11 is 0. The maximum atomic E-state index is 14.4. The summed E-state index contributed by atoms with van der Waals surface area (Å²) in [7, 11) is 1.14. The second-order valence-electron chi connectivity index (χ2n) is 7.40. The highest BCUT2D eigenvalue weighted by Crippen LogP contribution is 2.40. The fraction of sp³-hybridized carbons (Fsp3) is 0.421. The lowest BCUT2D eigenvalue weighted by Gasteiger charge is -2.12. The number of amides is 1. The molecule has 1 aliphatic carbocycles. The number of aryl methyl sites for hydroxylation is 1. The van der Waals surface area contributed by atoms with Crippen molar-refractivity contribution >= 4 is 17.6 Å². The van der Waals surface area contributed by atoms with E-state index in [2.05, 4.69) is 25.4 Å². The van der Waals surface area contributed by atoms with E-state index in [0.29, 0.717) is 35.8 Å². The van der Waals surface area contributed by atoms with Gasteiger partial charge in [0.1, 0.15) is 0 Å². The smallest absolute Gasteiger partial charge is 0.380 e. The van der Waals surface area contributed by atoms with Gasteiger partial charge >= 0.3 is 6.18 Å². The number of nitrogens with zero attached hydrogens (tertiary/aromatic N) is 5. The maximum absolute atomic E-state index is 14.4. The van der Waals surface area contributed by atoms with Gasteiger partial charge in [-0.25, -0.2) is 9.38 Å². The monoisotopic (exact) mass is 437 g/mol. The molecule has 12 heteroatoms. The van der Waals surface area contributed by atoms with Gasteiger partial charge in [-0.2, -0.15) is 18.3 Å². The first-order valence-electron chi connectivity index (χ1n) is 9.60. The summed E-state index contributed by atoms with van der Waals surface area (Å²) in [5, 5.41) is 7.01. The summed E-state index contributed by atoms with van der Waals surface area (Å²) in [6.45, 7) is 0.453. The summed E-state index contributed by atoms with van der Waals surface area (Å²) in [5.74, 6) is -3.41. The van der Waals surface area contributed by atoms with Crippen molar-refractivity contribution in [1.82, 2.24) is 20.1 Å². The van der Waals surface area contributed by atoms with Crippen molar-refractivity contribution in [3.8, 4) is 11.3 Å². The van der Waals surface area contributed by atoms with Gasteiger partial charge in [0, 0.05) is 30.8 Å². The van der Waals surface area contributed by atoms with Gasteiger partial charge in [0.2, 0.25) is 11.7 Å². The van der Waals surface area contributed by atoms with E-state index in [1.54, 1.807) is 16.8 Å². The number of pyridine rings is 1. The molecule has 0 radical (unpaired) electrons. The van der Waals surface area contributed by atoms with Crippen LogP contribution in [0.1, 0.15) is 42.6 Å². The molecule has 31 heavy (non-hydrogen) atoms. The number of aromatic nitrogens is 3. The van der Waals surface area contributed by atoms with Crippen LogP contribution < -0.4 is 11.1 Å². The van der Waals surface area contributed by atoms with E-state index in [1.165, 1.54) is 6.20 Å². The van der Waals surface area contributed by atoms with Crippen molar-refractivity contribution in [3.05, 3.63) is 35.5 Å². The molecule has 0 aromatic carbocycles. The molecule has 8 nitrogen and oxygen atoms in total. The molecule has 3 N–H and O–H groups in total. The predicted octanol–water partition coefficient (Wildman–Crippen LogP) is 2.47. The van der Waals surface area contributed by atoms with E-state index < -0.39 is 35.6 Å². The summed E-state index contributed by atoms with van der Waals surface area (Å²) in [5.41, 5.74) is 7.03. The van der Waals surface area contributed by atoms with Crippen LogP contribution in [0.15, 0.2) is 28.3 Å². The van der Waals surface area contributed by atoms with Crippen molar-refractivity contribution in [2.24, 2.45) is 15.7 Å². The molecule has 2 aromatic heterocycles. The molecule has 0 saturated heterocycles. The molecule has 1 saturated carbocycles. The minimum absolute atomic E-state index is 0.322. The third kappa shape index (κ3) is 4.28. The molecule has 1 aliphatic heterocycles. The normalized spacial score (nSPS) is 19.5. The van der Waals surface area contributed by atoms with Crippen molar-refractivity contribution < 1.29 is 22.4 Å². The Morgan fingerprint density at radius 3 is 2.68 bits per heavy atom. The van der Waals surface area contributed by atoms with Crippen molar-refractivity contribution in [2.75, 3.05) is 7.05 Å². The van der Waals surface area contributed by atoms with Gasteiger partial charge in [-0.15, -0.1) is 0 Å². The molecule has 164 valence electrons. The number of hydrogen-bond acceptors (Lipinski definition) is 4. The van der Waals surface area contributed by atoms with Gasteiger partial charge in [-0.05, 0) is 31.4 Å². The van der Waals surface area contributed by atoms with Crippen molar-refractivity contribution in [1.29, 1.82) is 0 Å². The van der Waals surface area contributed by atoms with Crippen LogP contribution in [-0.4, -0.2) is 45.6 Å². The Morgan fingerprint density at radius 1 is 1.29 bits per heavy atom. The third-order valence-electron chi connectivity index (χ3n) is 5.18. The molecular weight excluding hydrogens is 418 g/mol. The van der Waals surface area contributed by atoms with E-state index in [9.17, 15) is 22.4 Å². The summed E-state index contributed by atoms with van der Waals surface area (Å²) < 4.78 is 53.8. The van der Waals surface area contributed by atoms with Gasteiger partial charge < -0.3 is 11.1 Å². The van der Waals surface area contributed by atoms with E-state index in [1.807, 2.05) is 0 Å². The minimum Gasteiger partial charge on any atom is -0.380 e. The van der Waals surface area contributed by atoms with Gasteiger partial charge in [-0.3, -0.25) is 19.5 Å². The molecule has 0 spiro atoms. The second-order valence-corrected chi connectivity index (χ2v) is 7.40. The fourth-order valence-corrected chi connectivity index (χ4v) is 3.42. The molecular formula is C19H19F4N7O. The second kappa shape index (κ2) is 7.75. The topological polar surface area (TPSA) is 111 Å². The van der Waals surface area contributed by atoms with Crippen molar-refractivity contribution in [3.63, 3.8) is 0 Å². The van der Waals surface area contributed by atoms with E-state index in [-0.39, 0.29) is 0 Å². The number of hydrogen-bond donors (Lipinski definition) is 2. The first-order valence-corrected chi connectivity index (χ1v) is 9.60. The Balaban J connectivity index is 1.54. The zero-order chi connectivity index (χ0) is 22.3. The Morgan fingerprint density at radius 2 is 2.03 bits per heavy atom. The number of nitrogens with one attached hydrogen (secondary N) is 1. The first-order chi connectivity index (χ1) is 14.7. The van der Waals surface area contributed by atoms with Gasteiger partial charge in [0.25, 0.3) is 5.91 Å². The molecule has 1 atom stereocenters. The molecule has 1 amide bonds. The highest BCUT2D eigenvalue weighted by molar-refractivity contribution is 6.40.